The van der Waals surface area contributed by atoms with E-state index in [4.69, 9.17) is 0 Å². The molecule has 2 rings (SSSR count). The minimum Gasteiger partial charge on any atom is -0.334 e. The highest BCUT2D eigenvalue weighted by molar-refractivity contribution is 7.99. The zero-order chi connectivity index (χ0) is 18.8. The van der Waals surface area contributed by atoms with Gasteiger partial charge in [-0.3, -0.25) is 14.7 Å². The van der Waals surface area contributed by atoms with E-state index in [1.54, 1.807) is 4.57 Å². The van der Waals surface area contributed by atoms with Gasteiger partial charge in [0, 0.05) is 25.3 Å². The van der Waals surface area contributed by atoms with Gasteiger partial charge in [-0.2, -0.15) is 0 Å². The zero-order valence-corrected chi connectivity index (χ0v) is 15.5. The average molecular weight is 377 g/mol. The summed E-state index contributed by atoms with van der Waals surface area (Å²) in [5, 5.41) is 11.9. The van der Waals surface area contributed by atoms with Crippen molar-refractivity contribution in [1.29, 1.82) is 0 Å². The number of hydrogen-bond donors (Lipinski definition) is 3. The van der Waals surface area contributed by atoms with E-state index < -0.39 is 6.03 Å². The SMILES string of the molecule is CCCCn1c(SCCC(=O)NC(=O)NCc2ccccc2)n[nH]c1=O. The fourth-order valence-electron chi connectivity index (χ4n) is 2.17. The number of rotatable bonds is 9. The van der Waals surface area contributed by atoms with Crippen LogP contribution >= 0.6 is 11.8 Å². The maximum atomic E-state index is 11.8. The van der Waals surface area contributed by atoms with Gasteiger partial charge in [0.1, 0.15) is 0 Å². The number of amides is 3. The van der Waals surface area contributed by atoms with Gasteiger partial charge < -0.3 is 5.32 Å². The molecule has 0 saturated heterocycles. The Bertz CT molecular complexity index is 772. The fourth-order valence-corrected chi connectivity index (χ4v) is 3.08. The Labute approximate surface area is 155 Å². The van der Waals surface area contributed by atoms with E-state index in [2.05, 4.69) is 20.8 Å². The summed E-state index contributed by atoms with van der Waals surface area (Å²) in [7, 11) is 0. The van der Waals surface area contributed by atoms with Crippen molar-refractivity contribution in [2.75, 3.05) is 5.75 Å². The summed E-state index contributed by atoms with van der Waals surface area (Å²) >= 11 is 1.31. The number of nitrogens with zero attached hydrogens (tertiary/aromatic N) is 2. The lowest BCUT2D eigenvalue weighted by Gasteiger charge is -2.07. The van der Waals surface area contributed by atoms with E-state index in [-0.39, 0.29) is 18.0 Å². The Balaban J connectivity index is 1.70. The molecule has 8 nitrogen and oxygen atoms in total. The van der Waals surface area contributed by atoms with Crippen molar-refractivity contribution in [2.24, 2.45) is 0 Å². The van der Waals surface area contributed by atoms with Crippen LogP contribution in [0.25, 0.3) is 0 Å². The minimum absolute atomic E-state index is 0.151. The number of hydrogen-bond acceptors (Lipinski definition) is 5. The van der Waals surface area contributed by atoms with Crippen molar-refractivity contribution in [3.8, 4) is 0 Å². The predicted octanol–water partition coefficient (Wildman–Crippen LogP) is 1.88. The molecule has 0 spiro atoms. The number of urea groups is 1. The first-order valence-electron chi connectivity index (χ1n) is 8.49. The second kappa shape index (κ2) is 10.4. The molecule has 1 aromatic carbocycles. The molecule has 1 heterocycles. The molecule has 0 radical (unpaired) electrons. The number of carbonyl (C=O) groups excluding carboxylic acids is 2. The van der Waals surface area contributed by atoms with E-state index in [1.807, 2.05) is 37.3 Å². The highest BCUT2D eigenvalue weighted by atomic mass is 32.2. The molecule has 1 aromatic heterocycles. The normalized spacial score (nSPS) is 10.5. The number of thioether (sulfide) groups is 1. The van der Waals surface area contributed by atoms with Crippen LogP contribution in [0.5, 0.6) is 0 Å². The number of benzene rings is 1. The highest BCUT2D eigenvalue weighted by Gasteiger charge is 2.11. The molecule has 9 heteroatoms. The Hall–Kier alpha value is -2.55. The second-order valence-electron chi connectivity index (χ2n) is 5.63. The molecule has 3 N–H and O–H groups in total. The van der Waals surface area contributed by atoms with Gasteiger partial charge in [0.15, 0.2) is 5.16 Å². The molecule has 140 valence electrons. The van der Waals surface area contributed by atoms with Crippen LogP contribution in [0.15, 0.2) is 40.3 Å². The second-order valence-corrected chi connectivity index (χ2v) is 6.69. The standard InChI is InChI=1S/C17H23N5O3S/c1-2-3-10-22-16(25)20-21-17(22)26-11-9-14(23)19-15(24)18-12-13-7-5-4-6-8-13/h4-8H,2-3,9-12H2,1H3,(H,20,25)(H2,18,19,23,24). The molecule has 0 aliphatic heterocycles. The van der Waals surface area contributed by atoms with Gasteiger partial charge in [-0.05, 0) is 12.0 Å². The summed E-state index contributed by atoms with van der Waals surface area (Å²) < 4.78 is 1.57. The smallest absolute Gasteiger partial charge is 0.334 e. The fraction of sp³-hybridized carbons (Fsp3) is 0.412. The summed E-state index contributed by atoms with van der Waals surface area (Å²) in [6.07, 6.45) is 2.01. The molecule has 0 unspecified atom stereocenters. The molecule has 3 amide bonds. The molecule has 0 aliphatic carbocycles. The van der Waals surface area contributed by atoms with Crippen LogP contribution in [0.2, 0.25) is 0 Å². The third-order valence-electron chi connectivity index (χ3n) is 3.57. The van der Waals surface area contributed by atoms with Crippen LogP contribution < -0.4 is 16.3 Å². The van der Waals surface area contributed by atoms with E-state index in [0.717, 1.165) is 18.4 Å². The van der Waals surface area contributed by atoms with E-state index in [9.17, 15) is 14.4 Å². The lowest BCUT2D eigenvalue weighted by Crippen LogP contribution is -2.39. The largest absolute Gasteiger partial charge is 0.343 e. The zero-order valence-electron chi connectivity index (χ0n) is 14.7. The number of nitrogens with one attached hydrogen (secondary N) is 3. The quantitative estimate of drug-likeness (QED) is 0.578. The Morgan fingerprint density at radius 3 is 2.77 bits per heavy atom. The Kier molecular flexibility index (Phi) is 7.94. The summed E-state index contributed by atoms with van der Waals surface area (Å²) in [5.41, 5.74) is 0.708. The summed E-state index contributed by atoms with van der Waals surface area (Å²) in [4.78, 5) is 35.2. The molecule has 0 fully saturated rings. The van der Waals surface area contributed by atoms with Gasteiger partial charge in [0.2, 0.25) is 5.91 Å². The number of unbranched alkanes of at least 4 members (excludes halogenated alkanes) is 1. The topological polar surface area (TPSA) is 109 Å². The number of aromatic amines is 1. The highest BCUT2D eigenvalue weighted by Crippen LogP contribution is 2.14. The molecule has 0 aliphatic rings. The number of H-pyrrole nitrogens is 1. The summed E-state index contributed by atoms with van der Waals surface area (Å²) in [5.74, 6) is 0.0508. The number of imide groups is 1. The van der Waals surface area contributed by atoms with Crippen molar-refractivity contribution in [2.45, 2.75) is 44.4 Å². The van der Waals surface area contributed by atoms with E-state index in [1.165, 1.54) is 11.8 Å². The van der Waals surface area contributed by atoms with Crippen LogP contribution in [-0.4, -0.2) is 32.5 Å². The van der Waals surface area contributed by atoms with Gasteiger partial charge in [-0.1, -0.05) is 55.4 Å². The summed E-state index contributed by atoms with van der Waals surface area (Å²) in [6, 6.07) is 8.91. The third kappa shape index (κ3) is 6.40. The van der Waals surface area contributed by atoms with Gasteiger partial charge in [0.05, 0.1) is 0 Å². The average Bonchev–Trinajstić information content (AvgIpc) is 2.99. The molecular formula is C17H23N5O3S. The van der Waals surface area contributed by atoms with Crippen molar-refractivity contribution >= 4 is 23.7 Å². The lowest BCUT2D eigenvalue weighted by molar-refractivity contribution is -0.119. The van der Waals surface area contributed by atoms with Gasteiger partial charge in [-0.15, -0.1) is 5.10 Å². The van der Waals surface area contributed by atoms with Crippen LogP contribution in [-0.2, 0) is 17.9 Å². The Morgan fingerprint density at radius 2 is 2.04 bits per heavy atom. The van der Waals surface area contributed by atoms with Gasteiger partial charge >= 0.3 is 11.7 Å². The molecule has 2 aromatic rings. The van der Waals surface area contributed by atoms with Gasteiger partial charge in [0.25, 0.3) is 0 Å². The van der Waals surface area contributed by atoms with E-state index >= 15 is 0 Å². The molecule has 0 saturated carbocycles. The van der Waals surface area contributed by atoms with Crippen molar-refractivity contribution in [3.05, 3.63) is 46.4 Å². The maximum Gasteiger partial charge on any atom is 0.343 e. The van der Waals surface area contributed by atoms with Crippen LogP contribution in [0.1, 0.15) is 31.7 Å². The lowest BCUT2D eigenvalue weighted by atomic mass is 10.2. The van der Waals surface area contributed by atoms with E-state index in [0.29, 0.717) is 24.0 Å². The van der Waals surface area contributed by atoms with Crippen LogP contribution in [0, 0.1) is 0 Å². The van der Waals surface area contributed by atoms with Crippen molar-refractivity contribution < 1.29 is 9.59 Å². The summed E-state index contributed by atoms with van der Waals surface area (Å²) in [6.45, 7) is 3.00. The number of carbonyl (C=O) groups is 2. The van der Waals surface area contributed by atoms with Gasteiger partial charge in [-0.25, -0.2) is 14.7 Å². The number of aromatic nitrogens is 3. The molecular weight excluding hydrogens is 354 g/mol. The van der Waals surface area contributed by atoms with Crippen molar-refractivity contribution in [3.63, 3.8) is 0 Å². The van der Waals surface area contributed by atoms with Crippen LogP contribution in [0.3, 0.4) is 0 Å². The van der Waals surface area contributed by atoms with Crippen molar-refractivity contribution in [1.82, 2.24) is 25.4 Å². The minimum atomic E-state index is -0.525. The molecule has 0 atom stereocenters. The molecule has 26 heavy (non-hydrogen) atoms. The monoisotopic (exact) mass is 377 g/mol. The molecule has 0 bridgehead atoms. The third-order valence-corrected chi connectivity index (χ3v) is 4.55. The Morgan fingerprint density at radius 1 is 1.27 bits per heavy atom. The first kappa shape index (κ1) is 19.8. The first-order chi connectivity index (χ1) is 12.6. The first-order valence-corrected chi connectivity index (χ1v) is 9.48. The maximum absolute atomic E-state index is 11.8. The predicted molar refractivity (Wildman–Crippen MR) is 99.9 cm³/mol. The van der Waals surface area contributed by atoms with Crippen LogP contribution in [0.4, 0.5) is 4.79 Å².